The number of aliphatic carboxylic acids is 1. The molecule has 3 fully saturated rings. The van der Waals surface area contributed by atoms with Gasteiger partial charge in [-0.15, -0.1) is 11.3 Å². The van der Waals surface area contributed by atoms with Crippen molar-refractivity contribution in [1.29, 1.82) is 0 Å². The van der Waals surface area contributed by atoms with Crippen molar-refractivity contribution in [3.05, 3.63) is 22.4 Å². The molecule has 4 heterocycles. The summed E-state index contributed by atoms with van der Waals surface area (Å²) in [4.78, 5) is 15.6. The molecule has 0 saturated carbocycles. The summed E-state index contributed by atoms with van der Waals surface area (Å²) in [7, 11) is 0. The van der Waals surface area contributed by atoms with E-state index in [0.717, 1.165) is 38.8 Å². The predicted octanol–water partition coefficient (Wildman–Crippen LogP) is 2.95. The Kier molecular flexibility index (Phi) is 3.96. The van der Waals surface area contributed by atoms with E-state index in [1.807, 2.05) is 6.07 Å². The summed E-state index contributed by atoms with van der Waals surface area (Å²) in [6.07, 6.45) is 5.74. The van der Waals surface area contributed by atoms with Gasteiger partial charge in [0.25, 0.3) is 0 Å². The van der Waals surface area contributed by atoms with Crippen molar-refractivity contribution >= 4 is 17.3 Å². The van der Waals surface area contributed by atoms with Crippen LogP contribution in [0.2, 0.25) is 0 Å². The lowest BCUT2D eigenvalue weighted by atomic mass is 9.79. The number of piperidine rings is 1. The van der Waals surface area contributed by atoms with Crippen molar-refractivity contribution in [2.24, 2.45) is 5.92 Å². The third kappa shape index (κ3) is 2.49. The molecule has 22 heavy (non-hydrogen) atoms. The summed E-state index contributed by atoms with van der Waals surface area (Å²) in [5, 5.41) is 11.8. The Bertz CT molecular complexity index is 526. The van der Waals surface area contributed by atoms with Crippen molar-refractivity contribution in [3.63, 3.8) is 0 Å². The van der Waals surface area contributed by atoms with Crippen molar-refractivity contribution < 1.29 is 14.6 Å². The van der Waals surface area contributed by atoms with Gasteiger partial charge in [-0.25, -0.2) is 0 Å². The fourth-order valence-electron chi connectivity index (χ4n) is 4.74. The van der Waals surface area contributed by atoms with E-state index >= 15 is 0 Å². The normalized spacial score (nSPS) is 38.5. The first-order chi connectivity index (χ1) is 10.7. The molecular weight excluding hydrogens is 298 g/mol. The van der Waals surface area contributed by atoms with E-state index in [2.05, 4.69) is 16.3 Å². The van der Waals surface area contributed by atoms with E-state index in [4.69, 9.17) is 4.74 Å². The highest BCUT2D eigenvalue weighted by molar-refractivity contribution is 7.10. The van der Waals surface area contributed by atoms with E-state index in [-0.39, 0.29) is 11.8 Å². The molecule has 0 aromatic carbocycles. The third-order valence-corrected chi connectivity index (χ3v) is 6.67. The van der Waals surface area contributed by atoms with Crippen LogP contribution in [-0.4, -0.2) is 47.3 Å². The number of carbonyl (C=O) groups is 1. The first kappa shape index (κ1) is 14.7. The van der Waals surface area contributed by atoms with Crippen LogP contribution in [0.15, 0.2) is 17.5 Å². The summed E-state index contributed by atoms with van der Waals surface area (Å²) in [6.45, 7) is 1.88. The highest BCUT2D eigenvalue weighted by atomic mass is 32.1. The van der Waals surface area contributed by atoms with Gasteiger partial charge in [-0.05, 0) is 43.6 Å². The third-order valence-electron chi connectivity index (χ3n) is 5.69. The SMILES string of the molecule is O=C(O)[C@H]1C[C@@H]2CC[C@H]([C@H]1c1cccs1)N2CC1CCCO1. The van der Waals surface area contributed by atoms with Crippen LogP contribution in [0.25, 0.3) is 0 Å². The van der Waals surface area contributed by atoms with Crippen LogP contribution in [0.4, 0.5) is 0 Å². The molecule has 0 spiro atoms. The van der Waals surface area contributed by atoms with E-state index in [9.17, 15) is 9.90 Å². The van der Waals surface area contributed by atoms with Crippen LogP contribution in [0.3, 0.4) is 0 Å². The van der Waals surface area contributed by atoms with Crippen LogP contribution in [0, 0.1) is 5.92 Å². The fraction of sp³-hybridized carbons (Fsp3) is 0.706. The van der Waals surface area contributed by atoms with Crippen LogP contribution in [0.1, 0.15) is 42.9 Å². The number of ether oxygens (including phenoxy) is 1. The maximum atomic E-state index is 11.8. The van der Waals surface area contributed by atoms with Gasteiger partial charge in [0.1, 0.15) is 0 Å². The quantitative estimate of drug-likeness (QED) is 0.926. The summed E-state index contributed by atoms with van der Waals surface area (Å²) in [5.74, 6) is -0.693. The minimum Gasteiger partial charge on any atom is -0.481 e. The number of hydrogen-bond donors (Lipinski definition) is 1. The molecule has 0 amide bonds. The molecule has 4 nitrogen and oxygen atoms in total. The average Bonchev–Trinajstić information content (AvgIpc) is 3.22. The van der Waals surface area contributed by atoms with Gasteiger partial charge in [0, 0.05) is 36.0 Å². The van der Waals surface area contributed by atoms with Crippen LogP contribution >= 0.6 is 11.3 Å². The first-order valence-electron chi connectivity index (χ1n) is 8.37. The Morgan fingerprint density at radius 1 is 1.41 bits per heavy atom. The Morgan fingerprint density at radius 2 is 2.32 bits per heavy atom. The Labute approximate surface area is 135 Å². The second-order valence-corrected chi connectivity index (χ2v) is 7.83. The standard InChI is InChI=1S/C17H23NO3S/c19-17(20)13-9-11-5-6-14(16(13)15-4-2-8-22-15)18(11)10-12-3-1-7-21-12/h2,4,8,11-14,16H,1,3,5-7,9-10H2,(H,19,20)/t11-,12?,13-,14+,16-/m0/s1. The van der Waals surface area contributed by atoms with Crippen LogP contribution < -0.4 is 0 Å². The predicted molar refractivity (Wildman–Crippen MR) is 85.3 cm³/mol. The van der Waals surface area contributed by atoms with Crippen molar-refractivity contribution in [3.8, 4) is 0 Å². The number of carboxylic acids is 1. The molecule has 3 aliphatic rings. The van der Waals surface area contributed by atoms with Gasteiger partial charge in [0.2, 0.25) is 0 Å². The molecule has 0 radical (unpaired) electrons. The Balaban J connectivity index is 1.60. The molecule has 1 unspecified atom stereocenters. The summed E-state index contributed by atoms with van der Waals surface area (Å²) >= 11 is 1.71. The van der Waals surface area contributed by atoms with Gasteiger partial charge >= 0.3 is 5.97 Å². The van der Waals surface area contributed by atoms with E-state index in [1.54, 1.807) is 11.3 Å². The molecule has 1 aromatic heterocycles. The minimum absolute atomic E-state index is 0.151. The zero-order valence-electron chi connectivity index (χ0n) is 12.7. The molecule has 5 atom stereocenters. The monoisotopic (exact) mass is 321 g/mol. The fourth-order valence-corrected chi connectivity index (χ4v) is 5.69. The molecule has 1 N–H and O–H groups in total. The smallest absolute Gasteiger partial charge is 0.307 e. The van der Waals surface area contributed by atoms with Gasteiger partial charge in [-0.3, -0.25) is 9.69 Å². The van der Waals surface area contributed by atoms with Gasteiger partial charge in [0.15, 0.2) is 0 Å². The molecule has 5 heteroatoms. The van der Waals surface area contributed by atoms with E-state index in [1.165, 1.54) is 11.3 Å². The van der Waals surface area contributed by atoms with Crippen molar-refractivity contribution in [2.45, 2.75) is 56.2 Å². The zero-order valence-corrected chi connectivity index (χ0v) is 13.5. The summed E-state index contributed by atoms with van der Waals surface area (Å²) < 4.78 is 5.82. The summed E-state index contributed by atoms with van der Waals surface area (Å²) in [5.41, 5.74) is 0. The number of nitrogens with zero attached hydrogens (tertiary/aromatic N) is 1. The molecule has 3 saturated heterocycles. The maximum absolute atomic E-state index is 11.8. The molecule has 0 aliphatic carbocycles. The Hall–Kier alpha value is -0.910. The van der Waals surface area contributed by atoms with Crippen LogP contribution in [-0.2, 0) is 9.53 Å². The van der Waals surface area contributed by atoms with Crippen molar-refractivity contribution in [2.75, 3.05) is 13.2 Å². The number of hydrogen-bond acceptors (Lipinski definition) is 4. The van der Waals surface area contributed by atoms with E-state index in [0.29, 0.717) is 18.2 Å². The Morgan fingerprint density at radius 3 is 3.00 bits per heavy atom. The van der Waals surface area contributed by atoms with Crippen LogP contribution in [0.5, 0.6) is 0 Å². The summed E-state index contributed by atoms with van der Waals surface area (Å²) in [6, 6.07) is 4.98. The molecule has 2 bridgehead atoms. The molecule has 4 rings (SSSR count). The lowest BCUT2D eigenvalue weighted by Crippen LogP contribution is -2.51. The van der Waals surface area contributed by atoms with Gasteiger partial charge in [0.05, 0.1) is 12.0 Å². The second kappa shape index (κ2) is 5.95. The second-order valence-electron chi connectivity index (χ2n) is 6.85. The zero-order chi connectivity index (χ0) is 15.1. The lowest BCUT2D eigenvalue weighted by Gasteiger charge is -2.43. The number of rotatable bonds is 4. The maximum Gasteiger partial charge on any atom is 0.307 e. The molecular formula is C17H23NO3S. The van der Waals surface area contributed by atoms with Gasteiger partial charge in [-0.1, -0.05) is 6.07 Å². The van der Waals surface area contributed by atoms with E-state index < -0.39 is 5.97 Å². The molecule has 1 aromatic rings. The van der Waals surface area contributed by atoms with Gasteiger partial charge in [-0.2, -0.15) is 0 Å². The van der Waals surface area contributed by atoms with Crippen molar-refractivity contribution in [1.82, 2.24) is 4.90 Å². The minimum atomic E-state index is -0.618. The highest BCUT2D eigenvalue weighted by Crippen LogP contribution is 2.48. The average molecular weight is 321 g/mol. The topological polar surface area (TPSA) is 49.8 Å². The molecule has 3 aliphatic heterocycles. The number of carboxylic acid groups (broad SMARTS) is 1. The number of thiophene rings is 1. The highest BCUT2D eigenvalue weighted by Gasteiger charge is 2.50. The van der Waals surface area contributed by atoms with Gasteiger partial charge < -0.3 is 9.84 Å². The first-order valence-corrected chi connectivity index (χ1v) is 9.25. The number of fused-ring (bicyclic) bond motifs is 2. The largest absolute Gasteiger partial charge is 0.481 e. The lowest BCUT2D eigenvalue weighted by molar-refractivity contribution is -0.145. The molecule has 120 valence electrons.